The molecule has 0 aromatic carbocycles. The van der Waals surface area contributed by atoms with Crippen molar-refractivity contribution in [2.24, 2.45) is 10.9 Å². The Morgan fingerprint density at radius 1 is 1.21 bits per heavy atom. The van der Waals surface area contributed by atoms with Gasteiger partial charge in [0.2, 0.25) is 0 Å². The van der Waals surface area contributed by atoms with Crippen LogP contribution >= 0.6 is 0 Å². The third-order valence-electron chi connectivity index (χ3n) is 5.03. The lowest BCUT2D eigenvalue weighted by Crippen LogP contribution is -2.51. The van der Waals surface area contributed by atoms with Crippen molar-refractivity contribution in [3.05, 3.63) is 0 Å². The lowest BCUT2D eigenvalue weighted by atomic mass is 9.99. The van der Waals surface area contributed by atoms with Gasteiger partial charge in [-0.05, 0) is 58.7 Å². The highest BCUT2D eigenvalue weighted by Crippen LogP contribution is 2.15. The van der Waals surface area contributed by atoms with Gasteiger partial charge >= 0.3 is 0 Å². The second-order valence-corrected chi connectivity index (χ2v) is 7.27. The number of likely N-dealkylation sites (tertiary alicyclic amines) is 2. The predicted octanol–water partition coefficient (Wildman–Crippen LogP) is 0.994. The molecule has 24 heavy (non-hydrogen) atoms. The summed E-state index contributed by atoms with van der Waals surface area (Å²) in [4.78, 5) is 9.80. The molecule has 2 fully saturated rings. The van der Waals surface area contributed by atoms with Crippen LogP contribution in [-0.4, -0.2) is 88.4 Å². The highest BCUT2D eigenvalue weighted by Gasteiger charge is 2.21. The van der Waals surface area contributed by atoms with E-state index in [9.17, 15) is 0 Å². The van der Waals surface area contributed by atoms with Gasteiger partial charge in [0.25, 0.3) is 0 Å². The number of nitrogens with one attached hydrogen (secondary N) is 2. The van der Waals surface area contributed by atoms with E-state index in [2.05, 4.69) is 34.4 Å². The molecule has 2 aliphatic heterocycles. The summed E-state index contributed by atoms with van der Waals surface area (Å²) in [6.45, 7) is 10.5. The van der Waals surface area contributed by atoms with Gasteiger partial charge < -0.3 is 20.3 Å². The van der Waals surface area contributed by atoms with Crippen LogP contribution < -0.4 is 10.6 Å². The van der Waals surface area contributed by atoms with E-state index < -0.39 is 0 Å². The van der Waals surface area contributed by atoms with Crippen molar-refractivity contribution in [1.29, 1.82) is 0 Å². The van der Waals surface area contributed by atoms with Gasteiger partial charge in [0.1, 0.15) is 0 Å². The minimum Gasteiger partial charge on any atom is -0.383 e. The van der Waals surface area contributed by atoms with E-state index >= 15 is 0 Å². The predicted molar refractivity (Wildman–Crippen MR) is 101 cm³/mol. The molecule has 0 saturated carbocycles. The third kappa shape index (κ3) is 6.95. The molecule has 2 rings (SSSR count). The maximum absolute atomic E-state index is 5.21. The number of piperidine rings is 2. The summed E-state index contributed by atoms with van der Waals surface area (Å²) in [6.07, 6.45) is 5.08. The van der Waals surface area contributed by atoms with E-state index in [-0.39, 0.29) is 0 Å². The van der Waals surface area contributed by atoms with E-state index in [1.54, 1.807) is 7.11 Å². The molecule has 2 aliphatic rings. The van der Waals surface area contributed by atoms with Gasteiger partial charge in [-0.25, -0.2) is 0 Å². The Morgan fingerprint density at radius 3 is 2.79 bits per heavy atom. The number of hydrogen-bond donors (Lipinski definition) is 2. The summed E-state index contributed by atoms with van der Waals surface area (Å²) in [7, 11) is 3.99. The number of aliphatic imine (C=N–C) groups is 1. The Hall–Kier alpha value is -0.850. The normalized spacial score (nSPS) is 27.2. The molecule has 0 radical (unpaired) electrons. The van der Waals surface area contributed by atoms with E-state index in [0.29, 0.717) is 12.0 Å². The van der Waals surface area contributed by atoms with Crippen LogP contribution in [0.1, 0.15) is 32.6 Å². The van der Waals surface area contributed by atoms with Gasteiger partial charge in [0.15, 0.2) is 5.96 Å². The summed E-state index contributed by atoms with van der Waals surface area (Å²) >= 11 is 0. The van der Waals surface area contributed by atoms with E-state index in [0.717, 1.165) is 38.7 Å². The SMILES string of the molecule is CCNC(=NCC1CCCN(C)C1)NC1CCCN(CCOC)C1. The van der Waals surface area contributed by atoms with Crippen LogP contribution in [0.15, 0.2) is 4.99 Å². The van der Waals surface area contributed by atoms with Crippen molar-refractivity contribution in [3.63, 3.8) is 0 Å². The molecule has 0 aromatic heterocycles. The number of guanidine groups is 1. The fourth-order valence-electron chi connectivity index (χ4n) is 3.75. The lowest BCUT2D eigenvalue weighted by molar-refractivity contribution is 0.126. The molecule has 0 spiro atoms. The standard InChI is InChI=1S/C18H37N5O/c1-4-19-18(20-13-16-7-5-9-22(2)14-16)21-17-8-6-10-23(15-17)11-12-24-3/h16-17H,4-15H2,1-3H3,(H2,19,20,21). The number of hydrogen-bond acceptors (Lipinski definition) is 4. The van der Waals surface area contributed by atoms with Gasteiger partial charge in [0.05, 0.1) is 6.61 Å². The molecule has 2 N–H and O–H groups in total. The second-order valence-electron chi connectivity index (χ2n) is 7.27. The average Bonchev–Trinajstić information content (AvgIpc) is 2.58. The Bertz CT molecular complexity index is 376. The molecular weight excluding hydrogens is 302 g/mol. The Balaban J connectivity index is 1.81. The van der Waals surface area contributed by atoms with Gasteiger partial charge in [-0.2, -0.15) is 0 Å². The van der Waals surface area contributed by atoms with E-state index in [4.69, 9.17) is 9.73 Å². The van der Waals surface area contributed by atoms with E-state index in [1.807, 2.05) is 0 Å². The lowest BCUT2D eigenvalue weighted by Gasteiger charge is -2.34. The summed E-state index contributed by atoms with van der Waals surface area (Å²) < 4.78 is 5.21. The molecule has 2 saturated heterocycles. The zero-order valence-corrected chi connectivity index (χ0v) is 15.9. The van der Waals surface area contributed by atoms with Crippen molar-refractivity contribution in [1.82, 2.24) is 20.4 Å². The molecule has 2 unspecified atom stereocenters. The first-order chi connectivity index (χ1) is 11.7. The van der Waals surface area contributed by atoms with Gasteiger partial charge in [-0.3, -0.25) is 9.89 Å². The molecule has 0 aliphatic carbocycles. The molecule has 140 valence electrons. The Labute approximate surface area is 148 Å². The van der Waals surface area contributed by atoms with Crippen molar-refractivity contribution >= 4 is 5.96 Å². The molecule has 0 amide bonds. The quantitative estimate of drug-likeness (QED) is 0.535. The van der Waals surface area contributed by atoms with Crippen LogP contribution in [0, 0.1) is 5.92 Å². The van der Waals surface area contributed by atoms with Crippen LogP contribution in [0.3, 0.4) is 0 Å². The number of methoxy groups -OCH3 is 1. The zero-order chi connectivity index (χ0) is 17.2. The summed E-state index contributed by atoms with van der Waals surface area (Å²) in [5, 5.41) is 7.08. The fourth-order valence-corrected chi connectivity index (χ4v) is 3.75. The maximum Gasteiger partial charge on any atom is 0.191 e. The monoisotopic (exact) mass is 339 g/mol. The zero-order valence-electron chi connectivity index (χ0n) is 15.9. The molecule has 2 atom stereocenters. The highest BCUT2D eigenvalue weighted by atomic mass is 16.5. The maximum atomic E-state index is 5.21. The number of ether oxygens (including phenoxy) is 1. The summed E-state index contributed by atoms with van der Waals surface area (Å²) in [5.74, 6) is 1.69. The first-order valence-electron chi connectivity index (χ1n) is 9.66. The van der Waals surface area contributed by atoms with Crippen LogP contribution in [0.5, 0.6) is 0 Å². The van der Waals surface area contributed by atoms with Gasteiger partial charge in [-0.15, -0.1) is 0 Å². The second kappa shape index (κ2) is 10.9. The Kier molecular flexibility index (Phi) is 8.84. The molecule has 6 heteroatoms. The molecule has 2 heterocycles. The highest BCUT2D eigenvalue weighted by molar-refractivity contribution is 5.80. The first kappa shape index (κ1) is 19.5. The van der Waals surface area contributed by atoms with Crippen LogP contribution in [0.2, 0.25) is 0 Å². The minimum atomic E-state index is 0.488. The van der Waals surface area contributed by atoms with Gasteiger partial charge in [-0.1, -0.05) is 0 Å². The molecule has 6 nitrogen and oxygen atoms in total. The summed E-state index contributed by atoms with van der Waals surface area (Å²) in [6, 6.07) is 0.488. The van der Waals surface area contributed by atoms with Crippen LogP contribution in [-0.2, 0) is 4.74 Å². The molecule has 0 bridgehead atoms. The summed E-state index contributed by atoms with van der Waals surface area (Å²) in [5.41, 5.74) is 0. The first-order valence-corrected chi connectivity index (χ1v) is 9.66. The van der Waals surface area contributed by atoms with Crippen molar-refractivity contribution < 1.29 is 4.74 Å². The van der Waals surface area contributed by atoms with E-state index in [1.165, 1.54) is 45.3 Å². The van der Waals surface area contributed by atoms with Crippen LogP contribution in [0.4, 0.5) is 0 Å². The minimum absolute atomic E-state index is 0.488. The van der Waals surface area contributed by atoms with Gasteiger partial charge in [0, 0.05) is 45.9 Å². The van der Waals surface area contributed by atoms with Crippen molar-refractivity contribution in [2.45, 2.75) is 38.6 Å². The topological polar surface area (TPSA) is 52.1 Å². The average molecular weight is 340 g/mol. The fraction of sp³-hybridized carbons (Fsp3) is 0.944. The smallest absolute Gasteiger partial charge is 0.191 e. The Morgan fingerprint density at radius 2 is 2.04 bits per heavy atom. The third-order valence-corrected chi connectivity index (χ3v) is 5.03. The largest absolute Gasteiger partial charge is 0.383 e. The molecular formula is C18H37N5O. The van der Waals surface area contributed by atoms with Crippen molar-refractivity contribution in [2.75, 3.05) is 66.6 Å². The van der Waals surface area contributed by atoms with Crippen molar-refractivity contribution in [3.8, 4) is 0 Å². The van der Waals surface area contributed by atoms with Crippen LogP contribution in [0.25, 0.3) is 0 Å². The molecule has 0 aromatic rings. The number of nitrogens with zero attached hydrogens (tertiary/aromatic N) is 3. The number of rotatable bonds is 7.